The zero-order chi connectivity index (χ0) is 27.5. The Balaban J connectivity index is 1.60. The van der Waals surface area contributed by atoms with Crippen molar-refractivity contribution < 1.29 is 23.8 Å². The molecule has 206 valence electrons. The standard InChI is InChI=1S/C32H36INO5/c1-4-38-28-18-22(17-23(33)32(28)39-19-21-9-5-8-20(2)16-21)29-30-24(10-6-12-26(30)35)34(14-15-37-3)25-11-7-13-27(36)31(25)29/h5,8-9,16-18,29H,4,6-7,10-15,19H2,1-3H3. The molecule has 0 atom stereocenters. The lowest BCUT2D eigenvalue weighted by Gasteiger charge is -2.44. The number of rotatable bonds is 9. The molecule has 3 aliphatic rings. The fourth-order valence-electron chi connectivity index (χ4n) is 6.12. The number of aryl methyl sites for hydroxylation is 1. The largest absolute Gasteiger partial charge is 0.490 e. The molecule has 0 spiro atoms. The predicted octanol–water partition coefficient (Wildman–Crippen LogP) is 6.64. The second-order valence-corrected chi connectivity index (χ2v) is 11.6. The number of methoxy groups -OCH3 is 1. The maximum atomic E-state index is 13.6. The molecule has 6 nitrogen and oxygen atoms in total. The molecule has 2 aromatic rings. The number of carbonyl (C=O) groups is 2. The van der Waals surface area contributed by atoms with Crippen molar-refractivity contribution in [3.8, 4) is 11.5 Å². The Bertz CT molecular complexity index is 1300. The molecule has 39 heavy (non-hydrogen) atoms. The number of allylic oxidation sites excluding steroid dienone is 4. The Labute approximate surface area is 244 Å². The molecule has 1 heterocycles. The third-order valence-electron chi connectivity index (χ3n) is 7.74. The van der Waals surface area contributed by atoms with Crippen molar-refractivity contribution >= 4 is 34.2 Å². The molecule has 7 heteroatoms. The van der Waals surface area contributed by atoms with Crippen molar-refractivity contribution in [1.82, 2.24) is 4.90 Å². The third-order valence-corrected chi connectivity index (χ3v) is 8.54. The highest BCUT2D eigenvalue weighted by Crippen LogP contribution is 2.50. The number of Topliss-reactive ketones (excluding diaryl/α,β-unsaturated/α-hetero) is 2. The second kappa shape index (κ2) is 12.3. The van der Waals surface area contributed by atoms with Crippen molar-refractivity contribution in [2.75, 3.05) is 26.9 Å². The van der Waals surface area contributed by atoms with Gasteiger partial charge < -0.3 is 19.1 Å². The van der Waals surface area contributed by atoms with Gasteiger partial charge in [0.1, 0.15) is 6.61 Å². The summed E-state index contributed by atoms with van der Waals surface area (Å²) >= 11 is 2.29. The van der Waals surface area contributed by atoms with E-state index in [2.05, 4.69) is 58.7 Å². The summed E-state index contributed by atoms with van der Waals surface area (Å²) in [5, 5.41) is 0. The van der Waals surface area contributed by atoms with Gasteiger partial charge in [0.25, 0.3) is 0 Å². The molecular formula is C32H36INO5. The monoisotopic (exact) mass is 641 g/mol. The first kappa shape index (κ1) is 27.9. The summed E-state index contributed by atoms with van der Waals surface area (Å²) in [6.45, 7) is 6.12. The average molecular weight is 642 g/mol. The summed E-state index contributed by atoms with van der Waals surface area (Å²) < 4.78 is 18.7. The molecule has 1 aliphatic heterocycles. The third kappa shape index (κ3) is 5.66. The van der Waals surface area contributed by atoms with Gasteiger partial charge in [0.15, 0.2) is 23.1 Å². The van der Waals surface area contributed by atoms with Gasteiger partial charge in [-0.15, -0.1) is 0 Å². The van der Waals surface area contributed by atoms with Gasteiger partial charge in [0, 0.05) is 55.0 Å². The van der Waals surface area contributed by atoms with Crippen LogP contribution >= 0.6 is 22.6 Å². The normalized spacial score (nSPS) is 17.9. The van der Waals surface area contributed by atoms with Crippen molar-refractivity contribution in [2.24, 2.45) is 0 Å². The van der Waals surface area contributed by atoms with Crippen LogP contribution in [0.5, 0.6) is 11.5 Å². The van der Waals surface area contributed by atoms with Gasteiger partial charge in [-0.2, -0.15) is 0 Å². The van der Waals surface area contributed by atoms with E-state index in [-0.39, 0.29) is 17.5 Å². The Morgan fingerprint density at radius 2 is 1.64 bits per heavy atom. The lowest BCUT2D eigenvalue weighted by molar-refractivity contribution is -0.117. The number of hydrogen-bond acceptors (Lipinski definition) is 6. The maximum absolute atomic E-state index is 13.6. The van der Waals surface area contributed by atoms with E-state index in [4.69, 9.17) is 14.2 Å². The van der Waals surface area contributed by atoms with E-state index < -0.39 is 0 Å². The first-order valence-corrected chi connectivity index (χ1v) is 14.9. The summed E-state index contributed by atoms with van der Waals surface area (Å²) in [4.78, 5) is 29.3. The quantitative estimate of drug-likeness (QED) is 0.287. The lowest BCUT2D eigenvalue weighted by Crippen LogP contribution is -2.40. The van der Waals surface area contributed by atoms with Crippen molar-refractivity contribution in [3.63, 3.8) is 0 Å². The molecule has 0 radical (unpaired) electrons. The van der Waals surface area contributed by atoms with E-state index in [9.17, 15) is 9.59 Å². The zero-order valence-electron chi connectivity index (χ0n) is 23.0. The average Bonchev–Trinajstić information content (AvgIpc) is 2.91. The van der Waals surface area contributed by atoms with Gasteiger partial charge in [-0.3, -0.25) is 9.59 Å². The van der Waals surface area contributed by atoms with E-state index in [1.54, 1.807) is 7.11 Å². The Hall–Kier alpha value is -2.65. The van der Waals surface area contributed by atoms with Gasteiger partial charge >= 0.3 is 0 Å². The molecule has 0 aromatic heterocycles. The molecular weight excluding hydrogens is 605 g/mol. The van der Waals surface area contributed by atoms with Gasteiger partial charge in [0.2, 0.25) is 0 Å². The highest BCUT2D eigenvalue weighted by atomic mass is 127. The first-order valence-electron chi connectivity index (χ1n) is 13.9. The van der Waals surface area contributed by atoms with Crippen molar-refractivity contribution in [1.29, 1.82) is 0 Å². The SMILES string of the molecule is CCOc1cc(C2C3=C(CCCC3=O)N(CCOC)C3=C2C(=O)CCC3)cc(I)c1OCc1cccc(C)c1. The number of halogens is 1. The summed E-state index contributed by atoms with van der Waals surface area (Å²) in [6.07, 6.45) is 4.35. The summed E-state index contributed by atoms with van der Waals surface area (Å²) in [7, 11) is 1.69. The van der Waals surface area contributed by atoms with Crippen LogP contribution in [0.3, 0.4) is 0 Å². The minimum atomic E-state index is -0.382. The zero-order valence-corrected chi connectivity index (χ0v) is 25.1. The smallest absolute Gasteiger partial charge is 0.174 e. The number of hydrogen-bond donors (Lipinski definition) is 0. The molecule has 0 unspecified atom stereocenters. The summed E-state index contributed by atoms with van der Waals surface area (Å²) in [5.41, 5.74) is 6.87. The molecule has 0 bridgehead atoms. The molecule has 0 N–H and O–H groups in total. The Kier molecular flexibility index (Phi) is 8.76. The van der Waals surface area contributed by atoms with Crippen LogP contribution in [0.15, 0.2) is 58.9 Å². The highest BCUT2D eigenvalue weighted by Gasteiger charge is 2.43. The van der Waals surface area contributed by atoms with E-state index in [1.165, 1.54) is 5.56 Å². The van der Waals surface area contributed by atoms with Crippen LogP contribution < -0.4 is 9.47 Å². The molecule has 5 rings (SSSR count). The molecule has 2 aliphatic carbocycles. The minimum absolute atomic E-state index is 0.140. The Morgan fingerprint density at radius 3 is 2.26 bits per heavy atom. The van der Waals surface area contributed by atoms with Crippen LogP contribution in [0.2, 0.25) is 0 Å². The van der Waals surface area contributed by atoms with E-state index in [0.29, 0.717) is 50.7 Å². The molecule has 0 fully saturated rings. The highest BCUT2D eigenvalue weighted by molar-refractivity contribution is 14.1. The van der Waals surface area contributed by atoms with Crippen LogP contribution in [-0.2, 0) is 20.9 Å². The van der Waals surface area contributed by atoms with E-state index >= 15 is 0 Å². The summed E-state index contributed by atoms with van der Waals surface area (Å²) in [5.74, 6) is 1.23. The lowest BCUT2D eigenvalue weighted by atomic mass is 9.71. The van der Waals surface area contributed by atoms with Gasteiger partial charge in [-0.25, -0.2) is 0 Å². The first-order chi connectivity index (χ1) is 18.9. The van der Waals surface area contributed by atoms with E-state index in [1.807, 2.05) is 19.1 Å². The van der Waals surface area contributed by atoms with Crippen LogP contribution in [0.4, 0.5) is 0 Å². The second-order valence-electron chi connectivity index (χ2n) is 10.4. The minimum Gasteiger partial charge on any atom is -0.490 e. The number of benzene rings is 2. The van der Waals surface area contributed by atoms with Gasteiger partial charge in [0.05, 0.1) is 16.8 Å². The number of ether oxygens (including phenoxy) is 3. The van der Waals surface area contributed by atoms with Crippen LogP contribution in [0.25, 0.3) is 0 Å². The Morgan fingerprint density at radius 1 is 0.949 bits per heavy atom. The fraction of sp³-hybridized carbons (Fsp3) is 0.438. The van der Waals surface area contributed by atoms with Gasteiger partial charge in [-0.1, -0.05) is 29.8 Å². The predicted molar refractivity (Wildman–Crippen MR) is 159 cm³/mol. The molecule has 2 aromatic carbocycles. The van der Waals surface area contributed by atoms with Crippen molar-refractivity contribution in [3.05, 3.63) is 79.2 Å². The summed E-state index contributed by atoms with van der Waals surface area (Å²) in [6, 6.07) is 12.3. The van der Waals surface area contributed by atoms with Crippen LogP contribution in [0, 0.1) is 10.5 Å². The molecule has 0 saturated carbocycles. The number of carbonyl (C=O) groups excluding carboxylic acids is 2. The maximum Gasteiger partial charge on any atom is 0.174 e. The number of ketones is 2. The topological polar surface area (TPSA) is 65.1 Å². The van der Waals surface area contributed by atoms with Crippen molar-refractivity contribution in [2.45, 2.75) is 64.9 Å². The van der Waals surface area contributed by atoms with Crippen LogP contribution in [0.1, 0.15) is 68.1 Å². The molecule has 0 amide bonds. The van der Waals surface area contributed by atoms with Crippen LogP contribution in [-0.4, -0.2) is 43.3 Å². The van der Waals surface area contributed by atoms with E-state index in [0.717, 1.165) is 62.9 Å². The number of nitrogens with zero attached hydrogens (tertiary/aromatic N) is 1. The molecule has 0 saturated heterocycles. The van der Waals surface area contributed by atoms with Gasteiger partial charge in [-0.05, 0) is 85.4 Å². The fourth-order valence-corrected chi connectivity index (χ4v) is 6.90.